The van der Waals surface area contributed by atoms with Crippen LogP contribution in [0.1, 0.15) is 74.9 Å². The lowest BCUT2D eigenvalue weighted by atomic mass is 9.82. The van der Waals surface area contributed by atoms with Crippen LogP contribution in [0.4, 0.5) is 0 Å². The fourth-order valence-electron chi connectivity index (χ4n) is 11.7. The molecule has 0 saturated carbocycles. The Morgan fingerprint density at radius 2 is 0.750 bits per heavy atom. The SMILES string of the molecule is CC1(C)c2ccccc2-c2ccc(-c3nc(-c4cccc(-n5c6ccccc6c6cc7c(cc65)C(C)(C)c5ccccc5-7)c4)nc(-c4ccc5c(c4)C(C)(C)c4ccccc4-5)n3)cc21. The van der Waals surface area contributed by atoms with Gasteiger partial charge in [0.2, 0.25) is 0 Å². The summed E-state index contributed by atoms with van der Waals surface area (Å²) in [6, 6.07) is 62.4. The Morgan fingerprint density at radius 3 is 1.30 bits per heavy atom. The molecule has 306 valence electrons. The van der Waals surface area contributed by atoms with E-state index in [1.165, 1.54) is 88.6 Å². The van der Waals surface area contributed by atoms with Crippen molar-refractivity contribution in [3.8, 4) is 73.2 Å². The van der Waals surface area contributed by atoms with E-state index in [0.29, 0.717) is 17.5 Å². The maximum absolute atomic E-state index is 5.36. The first-order chi connectivity index (χ1) is 31.0. The van der Waals surface area contributed by atoms with Crippen molar-refractivity contribution in [1.29, 1.82) is 0 Å². The van der Waals surface area contributed by atoms with Gasteiger partial charge in [-0.1, -0.05) is 169 Å². The Labute approximate surface area is 374 Å². The van der Waals surface area contributed by atoms with Crippen LogP contribution in [0.2, 0.25) is 0 Å². The number of benzene rings is 8. The zero-order chi connectivity index (χ0) is 43.3. The Kier molecular flexibility index (Phi) is 7.45. The molecule has 0 unspecified atom stereocenters. The molecule has 0 aliphatic heterocycles. The summed E-state index contributed by atoms with van der Waals surface area (Å²) in [5, 5.41) is 2.49. The average Bonchev–Trinajstić information content (AvgIpc) is 3.94. The number of aromatic nitrogens is 4. The van der Waals surface area contributed by atoms with E-state index < -0.39 is 0 Å². The fourth-order valence-corrected chi connectivity index (χ4v) is 11.7. The second-order valence-electron chi connectivity index (χ2n) is 19.7. The van der Waals surface area contributed by atoms with Gasteiger partial charge < -0.3 is 4.57 Å². The summed E-state index contributed by atoms with van der Waals surface area (Å²) < 4.78 is 2.43. The molecule has 3 aliphatic carbocycles. The average molecular weight is 823 g/mol. The summed E-state index contributed by atoms with van der Waals surface area (Å²) in [4.78, 5) is 16.1. The largest absolute Gasteiger partial charge is 0.309 e. The predicted molar refractivity (Wildman–Crippen MR) is 263 cm³/mol. The van der Waals surface area contributed by atoms with Gasteiger partial charge in [0.15, 0.2) is 17.5 Å². The van der Waals surface area contributed by atoms with Crippen molar-refractivity contribution < 1.29 is 0 Å². The minimum absolute atomic E-state index is 0.119. The normalized spacial score (nSPS) is 15.4. The van der Waals surface area contributed by atoms with E-state index in [1.54, 1.807) is 0 Å². The van der Waals surface area contributed by atoms with E-state index in [-0.39, 0.29) is 16.2 Å². The third-order valence-electron chi connectivity index (χ3n) is 15.1. The number of hydrogen-bond donors (Lipinski definition) is 0. The molecule has 0 amide bonds. The zero-order valence-electron chi connectivity index (χ0n) is 37.0. The Balaban J connectivity index is 1.00. The van der Waals surface area contributed by atoms with Crippen molar-refractivity contribution in [2.45, 2.75) is 57.8 Å². The van der Waals surface area contributed by atoms with Crippen LogP contribution in [0.5, 0.6) is 0 Å². The number of para-hydroxylation sites is 1. The van der Waals surface area contributed by atoms with E-state index in [2.05, 4.69) is 216 Å². The number of hydrogen-bond acceptors (Lipinski definition) is 3. The molecule has 8 aromatic carbocycles. The molecule has 3 aliphatic rings. The molecule has 10 aromatic rings. The number of rotatable bonds is 4. The van der Waals surface area contributed by atoms with Gasteiger partial charge in [0.25, 0.3) is 0 Å². The summed E-state index contributed by atoms with van der Waals surface area (Å²) >= 11 is 0. The van der Waals surface area contributed by atoms with E-state index in [1.807, 2.05) is 0 Å². The summed E-state index contributed by atoms with van der Waals surface area (Å²) in [5.74, 6) is 1.97. The minimum atomic E-state index is -0.157. The Morgan fingerprint density at radius 1 is 0.312 bits per heavy atom. The molecule has 2 aromatic heterocycles. The summed E-state index contributed by atoms with van der Waals surface area (Å²) in [7, 11) is 0. The predicted octanol–water partition coefficient (Wildman–Crippen LogP) is 14.9. The van der Waals surface area contributed by atoms with Crippen molar-refractivity contribution in [2.24, 2.45) is 0 Å². The van der Waals surface area contributed by atoms with Gasteiger partial charge in [-0.15, -0.1) is 0 Å². The van der Waals surface area contributed by atoms with Crippen LogP contribution in [0.15, 0.2) is 170 Å². The van der Waals surface area contributed by atoms with Crippen LogP contribution in [0.25, 0.3) is 95.0 Å². The van der Waals surface area contributed by atoms with Gasteiger partial charge >= 0.3 is 0 Å². The molecule has 0 atom stereocenters. The van der Waals surface area contributed by atoms with Gasteiger partial charge in [-0.05, 0) is 109 Å². The van der Waals surface area contributed by atoms with Crippen molar-refractivity contribution >= 4 is 21.8 Å². The monoisotopic (exact) mass is 822 g/mol. The molecule has 0 N–H and O–H groups in total. The van der Waals surface area contributed by atoms with Gasteiger partial charge in [-0.3, -0.25) is 0 Å². The molecule has 0 spiro atoms. The van der Waals surface area contributed by atoms with E-state index in [4.69, 9.17) is 15.0 Å². The maximum atomic E-state index is 5.36. The van der Waals surface area contributed by atoms with Crippen LogP contribution < -0.4 is 0 Å². The third kappa shape index (κ3) is 5.02. The van der Waals surface area contributed by atoms with Gasteiger partial charge in [0.05, 0.1) is 11.0 Å². The summed E-state index contributed by atoms with van der Waals surface area (Å²) in [5.41, 5.74) is 21.7. The zero-order valence-corrected chi connectivity index (χ0v) is 37.0. The first-order valence-corrected chi connectivity index (χ1v) is 22.5. The highest BCUT2D eigenvalue weighted by atomic mass is 15.0. The Bertz CT molecular complexity index is 3530. The van der Waals surface area contributed by atoms with Crippen molar-refractivity contribution in [3.63, 3.8) is 0 Å². The molecular weight excluding hydrogens is 777 g/mol. The standard InChI is InChI=1S/C60H46N4/c1-58(2)47-22-11-7-18-39(47)42-28-26-36(31-50(42)58)56-61-55(62-57(63-56)37-27-29-43-40-19-8-12-23-48(40)59(3,4)51(43)32-37)35-16-15-17-38(30-35)64-53-25-14-10-21-44(53)46-33-45-41-20-9-13-24-49(41)60(5,6)52(45)34-54(46)64/h7-34H,1-6H3. The highest BCUT2D eigenvalue weighted by Crippen LogP contribution is 2.53. The highest BCUT2D eigenvalue weighted by Gasteiger charge is 2.38. The Hall–Kier alpha value is -7.43. The number of fused-ring (bicyclic) bond motifs is 12. The van der Waals surface area contributed by atoms with Gasteiger partial charge in [0, 0.05) is 49.4 Å². The maximum Gasteiger partial charge on any atom is 0.164 e. The smallest absolute Gasteiger partial charge is 0.164 e. The molecule has 0 bridgehead atoms. The lowest BCUT2D eigenvalue weighted by Crippen LogP contribution is -2.15. The van der Waals surface area contributed by atoms with Crippen molar-refractivity contribution in [1.82, 2.24) is 19.5 Å². The quantitative estimate of drug-likeness (QED) is 0.178. The van der Waals surface area contributed by atoms with Gasteiger partial charge in [0.1, 0.15) is 0 Å². The van der Waals surface area contributed by atoms with Crippen molar-refractivity contribution in [2.75, 3.05) is 0 Å². The molecule has 4 nitrogen and oxygen atoms in total. The molecule has 4 heteroatoms. The first-order valence-electron chi connectivity index (χ1n) is 22.5. The minimum Gasteiger partial charge on any atom is -0.309 e. The third-order valence-corrected chi connectivity index (χ3v) is 15.1. The summed E-state index contributed by atoms with van der Waals surface area (Å²) in [6.45, 7) is 14.0. The molecule has 0 saturated heterocycles. The molecule has 0 radical (unpaired) electrons. The van der Waals surface area contributed by atoms with Gasteiger partial charge in [-0.2, -0.15) is 0 Å². The second kappa shape index (κ2) is 12.8. The van der Waals surface area contributed by atoms with Crippen LogP contribution in [-0.4, -0.2) is 19.5 Å². The fraction of sp³-hybridized carbons (Fsp3) is 0.150. The van der Waals surface area contributed by atoms with Crippen molar-refractivity contribution in [3.05, 3.63) is 203 Å². The number of nitrogens with zero attached hydrogens (tertiary/aromatic N) is 4. The molecule has 2 heterocycles. The molecule has 64 heavy (non-hydrogen) atoms. The molecule has 13 rings (SSSR count). The van der Waals surface area contributed by atoms with Crippen LogP contribution >= 0.6 is 0 Å². The summed E-state index contributed by atoms with van der Waals surface area (Å²) in [6.07, 6.45) is 0. The lowest BCUT2D eigenvalue weighted by molar-refractivity contribution is 0.660. The van der Waals surface area contributed by atoms with Crippen LogP contribution in [0, 0.1) is 0 Å². The van der Waals surface area contributed by atoms with Crippen LogP contribution in [0.3, 0.4) is 0 Å². The lowest BCUT2D eigenvalue weighted by Gasteiger charge is -2.22. The topological polar surface area (TPSA) is 43.6 Å². The molecule has 0 fully saturated rings. The second-order valence-corrected chi connectivity index (χ2v) is 19.7. The van der Waals surface area contributed by atoms with E-state index >= 15 is 0 Å². The highest BCUT2D eigenvalue weighted by molar-refractivity contribution is 6.11. The van der Waals surface area contributed by atoms with Crippen LogP contribution in [-0.2, 0) is 16.2 Å². The van der Waals surface area contributed by atoms with E-state index in [9.17, 15) is 0 Å². The molecular formula is C60H46N4. The van der Waals surface area contributed by atoms with E-state index in [0.717, 1.165) is 22.4 Å². The first kappa shape index (κ1) is 37.2. The van der Waals surface area contributed by atoms with Gasteiger partial charge in [-0.25, -0.2) is 15.0 Å².